The van der Waals surface area contributed by atoms with E-state index < -0.39 is 6.61 Å². The van der Waals surface area contributed by atoms with Gasteiger partial charge in [-0.25, -0.2) is 4.39 Å². The van der Waals surface area contributed by atoms with E-state index in [1.165, 1.54) is 18.2 Å². The summed E-state index contributed by atoms with van der Waals surface area (Å²) in [5.41, 5.74) is 1.02. The number of nitrogens with one attached hydrogen (secondary N) is 1. The van der Waals surface area contributed by atoms with Crippen LogP contribution in [-0.2, 0) is 6.54 Å². The van der Waals surface area contributed by atoms with Gasteiger partial charge in [-0.3, -0.25) is 0 Å². The SMILES string of the molecule is Fc1cccc(Cl)c1CN(C(=S)Nc1ccc(OC(F)F)cc1)C1CC1. The van der Waals surface area contributed by atoms with Crippen molar-refractivity contribution in [2.24, 2.45) is 0 Å². The summed E-state index contributed by atoms with van der Waals surface area (Å²) in [6.45, 7) is -2.61. The summed E-state index contributed by atoms with van der Waals surface area (Å²) in [6.07, 6.45) is 1.93. The lowest BCUT2D eigenvalue weighted by Crippen LogP contribution is -2.36. The van der Waals surface area contributed by atoms with Gasteiger partial charge in [-0.05, 0) is 61.5 Å². The molecule has 138 valence electrons. The molecule has 0 bridgehead atoms. The van der Waals surface area contributed by atoms with Gasteiger partial charge in [-0.2, -0.15) is 8.78 Å². The summed E-state index contributed by atoms with van der Waals surface area (Å²) in [5, 5.41) is 3.83. The molecule has 1 aliphatic rings. The third kappa shape index (κ3) is 4.80. The number of halogens is 4. The Kier molecular flexibility index (Phi) is 5.88. The van der Waals surface area contributed by atoms with E-state index in [0.717, 1.165) is 12.8 Å². The largest absolute Gasteiger partial charge is 0.435 e. The second-order valence-electron chi connectivity index (χ2n) is 5.89. The molecule has 1 aliphatic carbocycles. The molecule has 0 radical (unpaired) electrons. The Morgan fingerprint density at radius 1 is 1.23 bits per heavy atom. The first-order chi connectivity index (χ1) is 12.4. The van der Waals surface area contributed by atoms with E-state index in [2.05, 4.69) is 10.1 Å². The van der Waals surface area contributed by atoms with Gasteiger partial charge < -0.3 is 15.0 Å². The smallest absolute Gasteiger partial charge is 0.387 e. The van der Waals surface area contributed by atoms with E-state index in [-0.39, 0.29) is 24.2 Å². The van der Waals surface area contributed by atoms with Crippen LogP contribution in [0.2, 0.25) is 5.02 Å². The normalized spacial score (nSPS) is 13.6. The van der Waals surface area contributed by atoms with Crippen molar-refractivity contribution in [3.63, 3.8) is 0 Å². The van der Waals surface area contributed by atoms with Crippen molar-refractivity contribution in [1.29, 1.82) is 0 Å². The number of rotatable bonds is 6. The standard InChI is InChI=1S/C18H16ClF3N2OS/c19-15-2-1-3-16(20)14(15)10-24(12-6-7-12)18(26)23-11-4-8-13(9-5-11)25-17(21)22/h1-5,8-9,12,17H,6-7,10H2,(H,23,26). The Labute approximate surface area is 159 Å². The minimum absolute atomic E-state index is 0.0636. The second-order valence-corrected chi connectivity index (χ2v) is 6.69. The maximum Gasteiger partial charge on any atom is 0.387 e. The predicted molar refractivity (Wildman–Crippen MR) is 99.3 cm³/mol. The van der Waals surface area contributed by atoms with Crippen molar-refractivity contribution in [3.8, 4) is 5.75 Å². The van der Waals surface area contributed by atoms with Crippen LogP contribution in [-0.4, -0.2) is 22.7 Å². The van der Waals surface area contributed by atoms with Crippen LogP contribution in [0.15, 0.2) is 42.5 Å². The number of hydrogen-bond donors (Lipinski definition) is 1. The van der Waals surface area contributed by atoms with Gasteiger partial charge in [0.05, 0.1) is 0 Å². The molecule has 3 nitrogen and oxygen atoms in total. The highest BCUT2D eigenvalue weighted by molar-refractivity contribution is 7.80. The van der Waals surface area contributed by atoms with Crippen LogP contribution in [0.25, 0.3) is 0 Å². The zero-order valence-electron chi connectivity index (χ0n) is 13.6. The Morgan fingerprint density at radius 2 is 1.92 bits per heavy atom. The summed E-state index contributed by atoms with van der Waals surface area (Å²) in [5.74, 6) is -0.312. The molecule has 2 aromatic rings. The monoisotopic (exact) mass is 400 g/mol. The molecule has 0 aliphatic heterocycles. The zero-order valence-corrected chi connectivity index (χ0v) is 15.2. The maximum atomic E-state index is 14.1. The Balaban J connectivity index is 1.69. The van der Waals surface area contributed by atoms with E-state index in [9.17, 15) is 13.2 Å². The molecule has 0 unspecified atom stereocenters. The molecule has 0 spiro atoms. The number of alkyl halides is 2. The predicted octanol–water partition coefficient (Wildman–Crippen LogP) is 5.44. The van der Waals surface area contributed by atoms with Crippen LogP contribution in [0.5, 0.6) is 5.75 Å². The highest BCUT2D eigenvalue weighted by Gasteiger charge is 2.31. The molecule has 0 heterocycles. The Morgan fingerprint density at radius 3 is 2.50 bits per heavy atom. The number of nitrogens with zero attached hydrogens (tertiary/aromatic N) is 1. The number of ether oxygens (including phenoxy) is 1. The molecule has 0 aromatic heterocycles. The summed E-state index contributed by atoms with van der Waals surface area (Å²) >= 11 is 11.6. The van der Waals surface area contributed by atoms with Crippen molar-refractivity contribution in [1.82, 2.24) is 4.90 Å². The van der Waals surface area contributed by atoms with Crippen LogP contribution in [0.1, 0.15) is 18.4 Å². The average molecular weight is 401 g/mol. The molecule has 1 saturated carbocycles. The first-order valence-electron chi connectivity index (χ1n) is 7.99. The van der Waals surface area contributed by atoms with Gasteiger partial charge in [0.25, 0.3) is 0 Å². The molecule has 0 amide bonds. The highest BCUT2D eigenvalue weighted by atomic mass is 35.5. The summed E-state index contributed by atoms with van der Waals surface area (Å²) in [7, 11) is 0. The maximum absolute atomic E-state index is 14.1. The summed E-state index contributed by atoms with van der Waals surface area (Å²) in [4.78, 5) is 1.89. The van der Waals surface area contributed by atoms with Gasteiger partial charge in [0, 0.05) is 28.9 Å². The summed E-state index contributed by atoms with van der Waals surface area (Å²) < 4.78 is 42.8. The number of hydrogen-bond acceptors (Lipinski definition) is 2. The van der Waals surface area contributed by atoms with Crippen LogP contribution in [0, 0.1) is 5.82 Å². The first-order valence-corrected chi connectivity index (χ1v) is 8.78. The van der Waals surface area contributed by atoms with E-state index >= 15 is 0 Å². The van der Waals surface area contributed by atoms with Crippen LogP contribution >= 0.6 is 23.8 Å². The van der Waals surface area contributed by atoms with E-state index in [4.69, 9.17) is 23.8 Å². The third-order valence-corrected chi connectivity index (χ3v) is 4.66. The van der Waals surface area contributed by atoms with Gasteiger partial charge in [-0.1, -0.05) is 17.7 Å². The van der Waals surface area contributed by atoms with Crippen LogP contribution in [0.3, 0.4) is 0 Å². The number of benzene rings is 2. The third-order valence-electron chi connectivity index (χ3n) is 3.97. The topological polar surface area (TPSA) is 24.5 Å². The molecule has 26 heavy (non-hydrogen) atoms. The van der Waals surface area contributed by atoms with E-state index in [0.29, 0.717) is 21.4 Å². The van der Waals surface area contributed by atoms with E-state index in [1.54, 1.807) is 24.3 Å². The van der Waals surface area contributed by atoms with Gasteiger partial charge in [-0.15, -0.1) is 0 Å². The molecular weight excluding hydrogens is 385 g/mol. The second kappa shape index (κ2) is 8.14. The van der Waals surface area contributed by atoms with Gasteiger partial charge >= 0.3 is 6.61 Å². The van der Waals surface area contributed by atoms with Crippen molar-refractivity contribution in [2.75, 3.05) is 5.32 Å². The number of anilines is 1. The minimum atomic E-state index is -2.87. The first kappa shape index (κ1) is 18.8. The lowest BCUT2D eigenvalue weighted by molar-refractivity contribution is -0.0498. The van der Waals surface area contributed by atoms with Gasteiger partial charge in [0.1, 0.15) is 11.6 Å². The molecule has 2 aromatic carbocycles. The van der Waals surface area contributed by atoms with Crippen molar-refractivity contribution in [2.45, 2.75) is 32.0 Å². The molecule has 0 atom stereocenters. The Bertz CT molecular complexity index is 764. The van der Waals surface area contributed by atoms with Crippen molar-refractivity contribution < 1.29 is 17.9 Å². The fourth-order valence-corrected chi connectivity index (χ4v) is 3.08. The van der Waals surface area contributed by atoms with E-state index in [1.807, 2.05) is 4.90 Å². The molecule has 0 saturated heterocycles. The van der Waals surface area contributed by atoms with Crippen molar-refractivity contribution >= 4 is 34.6 Å². The summed E-state index contributed by atoms with van der Waals surface area (Å²) in [6, 6.07) is 10.8. The van der Waals surface area contributed by atoms with Crippen LogP contribution in [0.4, 0.5) is 18.9 Å². The minimum Gasteiger partial charge on any atom is -0.435 e. The average Bonchev–Trinajstić information content (AvgIpc) is 3.40. The van der Waals surface area contributed by atoms with Crippen molar-refractivity contribution in [3.05, 3.63) is 58.9 Å². The van der Waals surface area contributed by atoms with Gasteiger partial charge in [0.2, 0.25) is 0 Å². The lowest BCUT2D eigenvalue weighted by atomic mass is 10.2. The highest BCUT2D eigenvalue weighted by Crippen LogP contribution is 2.31. The molecule has 1 N–H and O–H groups in total. The quantitative estimate of drug-likeness (QED) is 0.652. The molecule has 3 rings (SSSR count). The molecule has 1 fully saturated rings. The number of thiocarbonyl (C=S) groups is 1. The lowest BCUT2D eigenvalue weighted by Gasteiger charge is -2.26. The van der Waals surface area contributed by atoms with Gasteiger partial charge in [0.15, 0.2) is 5.11 Å². The fourth-order valence-electron chi connectivity index (χ4n) is 2.52. The Hall–Kier alpha value is -1.99. The zero-order chi connectivity index (χ0) is 18.7. The molecule has 8 heteroatoms. The molecular formula is C18H16ClF3N2OS. The fraction of sp³-hybridized carbons (Fsp3) is 0.278. The van der Waals surface area contributed by atoms with Crippen LogP contribution < -0.4 is 10.1 Å².